The van der Waals surface area contributed by atoms with Gasteiger partial charge in [-0.1, -0.05) is 40.9 Å². The van der Waals surface area contributed by atoms with Gasteiger partial charge in [-0.3, -0.25) is 9.59 Å². The van der Waals surface area contributed by atoms with E-state index in [1.54, 1.807) is 0 Å². The molecule has 1 aliphatic carbocycles. The zero-order valence-electron chi connectivity index (χ0n) is 7.18. The van der Waals surface area contributed by atoms with E-state index in [4.69, 9.17) is 44.7 Å². The van der Waals surface area contributed by atoms with Crippen LogP contribution in [0.15, 0.2) is 21.2 Å². The molecule has 1 aliphatic rings. The molecule has 3 nitrogen and oxygen atoms in total. The van der Waals surface area contributed by atoms with E-state index in [1.807, 2.05) is 0 Å². The van der Waals surface area contributed by atoms with E-state index in [-0.39, 0.29) is 22.3 Å². The summed E-state index contributed by atoms with van der Waals surface area (Å²) < 4.78 is 0. The summed E-state index contributed by atoms with van der Waals surface area (Å²) in [7, 11) is 0. The Balaban J connectivity index is 0.000000364. The van der Waals surface area contributed by atoms with E-state index in [0.717, 1.165) is 6.92 Å². The Morgan fingerprint density at radius 1 is 1.36 bits per heavy atom. The van der Waals surface area contributed by atoms with Gasteiger partial charge in [0.15, 0.2) is 5.78 Å². The molecule has 1 rings (SSSR count). The topological polar surface area (TPSA) is 54.4 Å². The summed E-state index contributed by atoms with van der Waals surface area (Å²) in [6.45, 7) is 1.08. The monoisotopic (exact) mass is 256 g/mol. The molecule has 1 N–H and O–H groups in total. The SMILES string of the molecule is CC(=O)O.O=C1CC=C(Cl)C(Cl)=C1Cl. The molecule has 14 heavy (non-hydrogen) atoms. The molecule has 0 aliphatic heterocycles. The number of ketones is 1. The van der Waals surface area contributed by atoms with Crippen molar-refractivity contribution in [3.63, 3.8) is 0 Å². The Hall–Kier alpha value is -0.510. The minimum absolute atomic E-state index is 0.0363. The van der Waals surface area contributed by atoms with Gasteiger partial charge >= 0.3 is 0 Å². The normalized spacial score (nSPS) is 15.7. The molecule has 0 saturated heterocycles. The molecule has 0 aromatic carbocycles. The average molecular weight is 258 g/mol. The van der Waals surface area contributed by atoms with Gasteiger partial charge in [-0.25, -0.2) is 0 Å². The van der Waals surface area contributed by atoms with Crippen molar-refractivity contribution in [3.05, 3.63) is 21.2 Å². The predicted molar refractivity (Wildman–Crippen MR) is 55.6 cm³/mol. The maximum Gasteiger partial charge on any atom is 0.300 e. The lowest BCUT2D eigenvalue weighted by Crippen LogP contribution is -2.02. The maximum atomic E-state index is 10.8. The lowest BCUT2D eigenvalue weighted by atomic mass is 10.2. The molecule has 0 amide bonds. The molecule has 0 fully saturated rings. The van der Waals surface area contributed by atoms with Crippen LogP contribution in [0.25, 0.3) is 0 Å². The third-order valence-corrected chi connectivity index (χ3v) is 2.44. The van der Waals surface area contributed by atoms with Crippen LogP contribution in [0.3, 0.4) is 0 Å². The molecule has 0 heterocycles. The van der Waals surface area contributed by atoms with Gasteiger partial charge < -0.3 is 5.11 Å². The van der Waals surface area contributed by atoms with Crippen LogP contribution in [0.5, 0.6) is 0 Å². The molecule has 0 unspecified atom stereocenters. The van der Waals surface area contributed by atoms with Gasteiger partial charge in [0.05, 0.1) is 10.1 Å². The first kappa shape index (κ1) is 13.5. The van der Waals surface area contributed by atoms with Gasteiger partial charge in [0.1, 0.15) is 5.03 Å². The van der Waals surface area contributed by atoms with Crippen molar-refractivity contribution in [1.82, 2.24) is 0 Å². The van der Waals surface area contributed by atoms with Crippen LogP contribution in [0.2, 0.25) is 0 Å². The van der Waals surface area contributed by atoms with Gasteiger partial charge in [-0.15, -0.1) is 0 Å². The standard InChI is InChI=1S/C6H3Cl3O.C2H4O2/c7-3-1-2-4(10)6(9)5(3)8;1-2(3)4/h1H,2H2;1H3,(H,3,4). The molecule has 0 aromatic heterocycles. The van der Waals surface area contributed by atoms with Gasteiger partial charge in [-0.05, 0) is 0 Å². The highest BCUT2D eigenvalue weighted by Crippen LogP contribution is 2.30. The quantitative estimate of drug-likeness (QED) is 0.726. The summed E-state index contributed by atoms with van der Waals surface area (Å²) >= 11 is 16.6. The summed E-state index contributed by atoms with van der Waals surface area (Å²) in [5, 5.41) is 7.96. The van der Waals surface area contributed by atoms with E-state index in [1.165, 1.54) is 6.08 Å². The molecular formula is C8H7Cl3O3. The molecule has 0 spiro atoms. The number of aliphatic carboxylic acids is 1. The fourth-order valence-corrected chi connectivity index (χ4v) is 1.17. The zero-order valence-corrected chi connectivity index (χ0v) is 9.45. The Bertz CT molecular complexity index is 310. The Labute approximate surface area is 95.9 Å². The molecule has 0 atom stereocenters. The number of Topliss-reactive ketones (excluding diaryl/α,β-unsaturated/α-hetero) is 1. The van der Waals surface area contributed by atoms with E-state index in [0.29, 0.717) is 5.03 Å². The summed E-state index contributed by atoms with van der Waals surface area (Å²) in [5.74, 6) is -1.02. The third-order valence-electron chi connectivity index (χ3n) is 1.11. The van der Waals surface area contributed by atoms with Crippen LogP contribution in [-0.2, 0) is 9.59 Å². The third kappa shape index (κ3) is 4.65. The van der Waals surface area contributed by atoms with Gasteiger partial charge in [0.25, 0.3) is 5.97 Å². The average Bonchev–Trinajstić information content (AvgIpc) is 2.07. The Kier molecular flexibility index (Phi) is 5.84. The molecule has 6 heteroatoms. The zero-order chi connectivity index (χ0) is 11.3. The van der Waals surface area contributed by atoms with Crippen molar-refractivity contribution in [3.8, 4) is 0 Å². The molecular weight excluding hydrogens is 250 g/mol. The number of hydrogen-bond acceptors (Lipinski definition) is 2. The fourth-order valence-electron chi connectivity index (χ4n) is 0.589. The summed E-state index contributed by atoms with van der Waals surface area (Å²) in [4.78, 5) is 19.8. The Morgan fingerprint density at radius 3 is 2.14 bits per heavy atom. The van der Waals surface area contributed by atoms with Crippen LogP contribution in [0.1, 0.15) is 13.3 Å². The van der Waals surface area contributed by atoms with Crippen LogP contribution in [-0.4, -0.2) is 16.9 Å². The second-order valence-corrected chi connectivity index (χ2v) is 3.49. The maximum absolute atomic E-state index is 10.8. The fraction of sp³-hybridized carbons (Fsp3) is 0.250. The largest absolute Gasteiger partial charge is 0.481 e. The number of carboxylic acid groups (broad SMARTS) is 1. The highest BCUT2D eigenvalue weighted by Gasteiger charge is 2.17. The van der Waals surface area contributed by atoms with Gasteiger partial charge in [-0.2, -0.15) is 0 Å². The highest BCUT2D eigenvalue weighted by molar-refractivity contribution is 6.54. The number of halogens is 3. The van der Waals surface area contributed by atoms with Crippen molar-refractivity contribution < 1.29 is 14.7 Å². The molecule has 0 radical (unpaired) electrons. The van der Waals surface area contributed by atoms with Crippen LogP contribution in [0, 0.1) is 0 Å². The molecule has 78 valence electrons. The van der Waals surface area contributed by atoms with E-state index >= 15 is 0 Å². The molecule has 0 aromatic rings. The number of carbonyl (C=O) groups excluding carboxylic acids is 1. The number of allylic oxidation sites excluding steroid dienone is 4. The van der Waals surface area contributed by atoms with Crippen LogP contribution < -0.4 is 0 Å². The number of carboxylic acids is 1. The summed E-state index contributed by atoms with van der Waals surface area (Å²) in [6, 6.07) is 0. The van der Waals surface area contributed by atoms with Gasteiger partial charge in [0.2, 0.25) is 0 Å². The van der Waals surface area contributed by atoms with Crippen molar-refractivity contribution in [1.29, 1.82) is 0 Å². The predicted octanol–water partition coefficient (Wildman–Crippen LogP) is 2.86. The summed E-state index contributed by atoms with van der Waals surface area (Å²) in [6.07, 6.45) is 1.78. The highest BCUT2D eigenvalue weighted by atomic mass is 35.5. The van der Waals surface area contributed by atoms with Crippen LogP contribution >= 0.6 is 34.8 Å². The van der Waals surface area contributed by atoms with Crippen molar-refractivity contribution in [2.45, 2.75) is 13.3 Å². The van der Waals surface area contributed by atoms with Crippen LogP contribution in [0.4, 0.5) is 0 Å². The number of rotatable bonds is 0. The molecule has 0 saturated carbocycles. The van der Waals surface area contributed by atoms with Crippen molar-refractivity contribution in [2.24, 2.45) is 0 Å². The van der Waals surface area contributed by atoms with Gasteiger partial charge in [0, 0.05) is 13.3 Å². The lowest BCUT2D eigenvalue weighted by molar-refractivity contribution is -0.134. The minimum atomic E-state index is -0.833. The lowest BCUT2D eigenvalue weighted by Gasteiger charge is -2.05. The second kappa shape index (κ2) is 6.06. The first-order chi connectivity index (χ1) is 6.36. The first-order valence-corrected chi connectivity index (χ1v) is 4.63. The number of hydrogen-bond donors (Lipinski definition) is 1. The van der Waals surface area contributed by atoms with Crippen molar-refractivity contribution >= 4 is 46.6 Å². The van der Waals surface area contributed by atoms with E-state index in [2.05, 4.69) is 0 Å². The second-order valence-electron chi connectivity index (χ2n) is 2.33. The summed E-state index contributed by atoms with van der Waals surface area (Å²) in [5.41, 5.74) is 0. The molecule has 0 bridgehead atoms. The van der Waals surface area contributed by atoms with Crippen molar-refractivity contribution in [2.75, 3.05) is 0 Å². The Morgan fingerprint density at radius 2 is 1.79 bits per heavy atom. The minimum Gasteiger partial charge on any atom is -0.481 e. The van der Waals surface area contributed by atoms with E-state index in [9.17, 15) is 4.79 Å². The smallest absolute Gasteiger partial charge is 0.300 e. The number of carbonyl (C=O) groups is 2. The first-order valence-electron chi connectivity index (χ1n) is 3.50. The van der Waals surface area contributed by atoms with E-state index < -0.39 is 5.97 Å².